The zero-order valence-corrected chi connectivity index (χ0v) is 26.5. The summed E-state index contributed by atoms with van der Waals surface area (Å²) in [5.74, 6) is -0.0315. The maximum absolute atomic E-state index is 14.2. The number of benzene rings is 3. The van der Waals surface area contributed by atoms with E-state index in [-0.39, 0.29) is 11.0 Å². The third-order valence-electron chi connectivity index (χ3n) is 7.46. The van der Waals surface area contributed by atoms with Crippen LogP contribution in [0.25, 0.3) is 27.6 Å². The molecule has 0 atom stereocenters. The van der Waals surface area contributed by atoms with Gasteiger partial charge in [0.1, 0.15) is 16.5 Å². The lowest BCUT2D eigenvalue weighted by atomic mass is 9.97. The molecular weight excluding hydrogens is 658 g/mol. The van der Waals surface area contributed by atoms with Gasteiger partial charge in [-0.2, -0.15) is 5.10 Å². The van der Waals surface area contributed by atoms with E-state index in [1.807, 2.05) is 36.4 Å². The van der Waals surface area contributed by atoms with E-state index in [2.05, 4.69) is 20.5 Å². The summed E-state index contributed by atoms with van der Waals surface area (Å²) in [5.41, 5.74) is 3.22. The van der Waals surface area contributed by atoms with Crippen molar-refractivity contribution in [1.82, 2.24) is 25.0 Å². The summed E-state index contributed by atoms with van der Waals surface area (Å²) >= 11 is 26.8. The van der Waals surface area contributed by atoms with Gasteiger partial charge in [-0.15, -0.1) is 10.2 Å². The SMILES string of the molecule is O=C(Nc1ccccn1)c1c(-c2nnc(C3(c4ccc(Cl)cc4)CC3)s2)nn(-c2ccc(Cl)cc2Cl)c1-c1ccc(Cl)cc1. The second-order valence-corrected chi connectivity index (χ2v) is 13.0. The highest BCUT2D eigenvalue weighted by Crippen LogP contribution is 2.55. The number of nitrogens with zero attached hydrogens (tertiary/aromatic N) is 5. The monoisotopic (exact) mass is 676 g/mol. The van der Waals surface area contributed by atoms with Crippen LogP contribution in [-0.4, -0.2) is 30.9 Å². The van der Waals surface area contributed by atoms with Crippen molar-refractivity contribution in [3.63, 3.8) is 0 Å². The number of hydrogen-bond acceptors (Lipinski definition) is 6. The highest BCUT2D eigenvalue weighted by Gasteiger charge is 2.49. The number of carbonyl (C=O) groups is 1. The molecule has 0 bridgehead atoms. The molecular formula is C32H20Cl4N6OS. The Labute approximate surface area is 276 Å². The summed E-state index contributed by atoms with van der Waals surface area (Å²) in [7, 11) is 0. The van der Waals surface area contributed by atoms with Crippen molar-refractivity contribution in [2.24, 2.45) is 0 Å². The highest BCUT2D eigenvalue weighted by atomic mass is 35.5. The molecule has 3 aromatic heterocycles. The van der Waals surface area contributed by atoms with Crippen molar-refractivity contribution in [3.8, 4) is 27.6 Å². The van der Waals surface area contributed by atoms with Crippen molar-refractivity contribution in [2.45, 2.75) is 18.3 Å². The van der Waals surface area contributed by atoms with Crippen LogP contribution >= 0.6 is 57.7 Å². The standard InChI is InChI=1S/C32H20Cl4N6OS/c33-20-8-4-18(5-9-20)28-26(29(43)38-25-3-1-2-16-37-25)27(41-42(28)24-13-12-22(35)17-23(24)36)30-39-40-31(44-30)32(14-15-32)19-6-10-21(34)11-7-19/h1-13,16-17H,14-15H2,(H,37,38,43). The Hall–Kier alpha value is -3.79. The Morgan fingerprint density at radius 3 is 2.20 bits per heavy atom. The molecule has 0 aliphatic heterocycles. The molecule has 218 valence electrons. The molecule has 7 rings (SSSR count). The Morgan fingerprint density at radius 2 is 1.55 bits per heavy atom. The van der Waals surface area contributed by atoms with Gasteiger partial charge in [0.05, 0.1) is 22.0 Å². The number of rotatable bonds is 7. The summed E-state index contributed by atoms with van der Waals surface area (Å²) in [5, 5.41) is 20.5. The van der Waals surface area contributed by atoms with Gasteiger partial charge in [0.25, 0.3) is 5.91 Å². The van der Waals surface area contributed by atoms with Gasteiger partial charge in [0.2, 0.25) is 0 Å². The van der Waals surface area contributed by atoms with Crippen molar-refractivity contribution >= 4 is 69.5 Å². The molecule has 6 aromatic rings. The van der Waals surface area contributed by atoms with Crippen LogP contribution in [0.5, 0.6) is 0 Å². The lowest BCUT2D eigenvalue weighted by molar-refractivity contribution is 0.102. The van der Waals surface area contributed by atoms with Crippen LogP contribution in [0.15, 0.2) is 91.1 Å². The Kier molecular flexibility index (Phi) is 7.64. The summed E-state index contributed by atoms with van der Waals surface area (Å²) in [6.07, 6.45) is 3.47. The van der Waals surface area contributed by atoms with Crippen LogP contribution in [-0.2, 0) is 5.41 Å². The molecule has 0 unspecified atom stereocenters. The fraction of sp³-hybridized carbons (Fsp3) is 0.0938. The van der Waals surface area contributed by atoms with Gasteiger partial charge in [-0.1, -0.05) is 88.1 Å². The fourth-order valence-corrected chi connectivity index (χ4v) is 6.98. The molecule has 3 heterocycles. The zero-order valence-electron chi connectivity index (χ0n) is 22.6. The molecule has 0 spiro atoms. The fourth-order valence-electron chi connectivity index (χ4n) is 5.13. The second kappa shape index (κ2) is 11.6. The van der Waals surface area contributed by atoms with E-state index < -0.39 is 5.91 Å². The third kappa shape index (κ3) is 5.38. The van der Waals surface area contributed by atoms with Crippen LogP contribution in [0.3, 0.4) is 0 Å². The number of nitrogens with one attached hydrogen (secondary N) is 1. The number of carbonyl (C=O) groups excluding carboxylic acids is 1. The average molecular weight is 678 g/mol. The second-order valence-electron chi connectivity index (χ2n) is 10.3. The van der Waals surface area contributed by atoms with E-state index in [0.29, 0.717) is 53.6 Å². The molecule has 12 heteroatoms. The summed E-state index contributed by atoms with van der Waals surface area (Å²) in [6.45, 7) is 0. The lowest BCUT2D eigenvalue weighted by Gasteiger charge is -2.12. The predicted octanol–water partition coefficient (Wildman–Crippen LogP) is 9.40. The average Bonchev–Trinajstić information content (AvgIpc) is 3.50. The van der Waals surface area contributed by atoms with E-state index in [1.165, 1.54) is 11.3 Å². The molecule has 1 N–H and O–H groups in total. The number of amides is 1. The van der Waals surface area contributed by atoms with E-state index >= 15 is 0 Å². The Bertz CT molecular complexity index is 2010. The van der Waals surface area contributed by atoms with Crippen molar-refractivity contribution < 1.29 is 4.79 Å². The molecule has 1 aliphatic rings. The van der Waals surface area contributed by atoms with Gasteiger partial charge >= 0.3 is 0 Å². The number of pyridine rings is 1. The molecule has 3 aromatic carbocycles. The topological polar surface area (TPSA) is 85.6 Å². The zero-order chi connectivity index (χ0) is 30.4. The predicted molar refractivity (Wildman–Crippen MR) is 177 cm³/mol. The van der Waals surface area contributed by atoms with Crippen LogP contribution in [0.1, 0.15) is 33.8 Å². The number of hydrogen-bond donors (Lipinski definition) is 1. The number of aromatic nitrogens is 5. The minimum Gasteiger partial charge on any atom is -0.306 e. The molecule has 0 radical (unpaired) electrons. The van der Waals surface area contributed by atoms with Crippen LogP contribution in [0.2, 0.25) is 20.1 Å². The van der Waals surface area contributed by atoms with Gasteiger partial charge in [-0.05, 0) is 73.0 Å². The first-order valence-electron chi connectivity index (χ1n) is 13.5. The largest absolute Gasteiger partial charge is 0.306 e. The normalized spacial score (nSPS) is 13.5. The molecule has 1 amide bonds. The maximum Gasteiger partial charge on any atom is 0.261 e. The number of halogens is 4. The maximum atomic E-state index is 14.2. The molecule has 1 fully saturated rings. The minimum absolute atomic E-state index is 0.252. The first-order valence-corrected chi connectivity index (χ1v) is 15.8. The van der Waals surface area contributed by atoms with Gasteiger partial charge < -0.3 is 5.32 Å². The van der Waals surface area contributed by atoms with E-state index in [9.17, 15) is 4.79 Å². The Morgan fingerprint density at radius 1 is 0.841 bits per heavy atom. The molecule has 0 saturated heterocycles. The van der Waals surface area contributed by atoms with Crippen molar-refractivity contribution in [3.05, 3.63) is 127 Å². The summed E-state index contributed by atoms with van der Waals surface area (Å²) in [4.78, 5) is 18.5. The third-order valence-corrected chi connectivity index (χ3v) is 9.63. The van der Waals surface area contributed by atoms with Crippen LogP contribution in [0.4, 0.5) is 5.82 Å². The quantitative estimate of drug-likeness (QED) is 0.182. The molecule has 1 saturated carbocycles. The van der Waals surface area contributed by atoms with Crippen LogP contribution < -0.4 is 5.32 Å². The molecule has 44 heavy (non-hydrogen) atoms. The van der Waals surface area contributed by atoms with Crippen molar-refractivity contribution in [1.29, 1.82) is 0 Å². The van der Waals surface area contributed by atoms with E-state index in [0.717, 1.165) is 23.4 Å². The van der Waals surface area contributed by atoms with Gasteiger partial charge in [-0.3, -0.25) is 4.79 Å². The first kappa shape index (κ1) is 29.0. The number of anilines is 1. The lowest BCUT2D eigenvalue weighted by Crippen LogP contribution is -2.15. The smallest absolute Gasteiger partial charge is 0.261 e. The van der Waals surface area contributed by atoms with E-state index in [4.69, 9.17) is 51.5 Å². The summed E-state index contributed by atoms with van der Waals surface area (Å²) < 4.78 is 1.64. The van der Waals surface area contributed by atoms with Crippen LogP contribution in [0, 0.1) is 0 Å². The highest BCUT2D eigenvalue weighted by molar-refractivity contribution is 7.14. The summed E-state index contributed by atoms with van der Waals surface area (Å²) in [6, 6.07) is 25.4. The Balaban J connectivity index is 1.43. The first-order chi connectivity index (χ1) is 21.3. The van der Waals surface area contributed by atoms with Crippen molar-refractivity contribution in [2.75, 3.05) is 5.32 Å². The van der Waals surface area contributed by atoms with Gasteiger partial charge in [-0.25, -0.2) is 9.67 Å². The molecule has 7 nitrogen and oxygen atoms in total. The van der Waals surface area contributed by atoms with Gasteiger partial charge in [0.15, 0.2) is 5.01 Å². The van der Waals surface area contributed by atoms with Gasteiger partial charge in [0, 0.05) is 32.2 Å². The minimum atomic E-state index is -0.421. The van der Waals surface area contributed by atoms with E-state index in [1.54, 1.807) is 59.4 Å². The molecule has 1 aliphatic carbocycles.